The number of hydrogen-bond acceptors (Lipinski definition) is 4. The zero-order chi connectivity index (χ0) is 16.0. The summed E-state index contributed by atoms with van der Waals surface area (Å²) < 4.78 is 33.1. The highest BCUT2D eigenvalue weighted by molar-refractivity contribution is 7.90. The third-order valence-electron chi connectivity index (χ3n) is 5.17. The third-order valence-corrected chi connectivity index (χ3v) is 7.15. The highest BCUT2D eigenvalue weighted by Gasteiger charge is 2.46. The van der Waals surface area contributed by atoms with Crippen molar-refractivity contribution in [2.24, 2.45) is 0 Å². The van der Waals surface area contributed by atoms with Crippen LogP contribution in [0.4, 0.5) is 0 Å². The monoisotopic (exact) mass is 336 g/mol. The molecular formula is C17H24N2O3S. The van der Waals surface area contributed by atoms with Crippen molar-refractivity contribution in [1.29, 1.82) is 0 Å². The van der Waals surface area contributed by atoms with Crippen LogP contribution in [0.5, 0.6) is 5.75 Å². The molecule has 0 bridgehead atoms. The van der Waals surface area contributed by atoms with Crippen LogP contribution in [-0.2, 0) is 10.0 Å². The van der Waals surface area contributed by atoms with E-state index < -0.39 is 10.0 Å². The van der Waals surface area contributed by atoms with Crippen molar-refractivity contribution >= 4 is 10.0 Å². The van der Waals surface area contributed by atoms with Crippen molar-refractivity contribution in [3.8, 4) is 5.75 Å². The molecule has 2 aliphatic carbocycles. The molecule has 6 heteroatoms. The van der Waals surface area contributed by atoms with E-state index in [1.807, 2.05) is 18.2 Å². The van der Waals surface area contributed by atoms with Gasteiger partial charge in [-0.05, 0) is 49.8 Å². The molecular weight excluding hydrogens is 312 g/mol. The average Bonchev–Trinajstić information content (AvgIpc) is 3.44. The zero-order valence-corrected chi connectivity index (χ0v) is 14.3. The van der Waals surface area contributed by atoms with Gasteiger partial charge in [0.1, 0.15) is 5.75 Å². The van der Waals surface area contributed by atoms with Gasteiger partial charge in [-0.15, -0.1) is 0 Å². The number of benzene rings is 1. The minimum Gasteiger partial charge on any atom is -0.497 e. The maximum atomic E-state index is 12.4. The first-order valence-corrected chi connectivity index (χ1v) is 10.0. The summed E-state index contributed by atoms with van der Waals surface area (Å²) in [4.78, 5) is 2.48. The number of methoxy groups -OCH3 is 1. The van der Waals surface area contributed by atoms with Crippen LogP contribution >= 0.6 is 0 Å². The maximum Gasteiger partial charge on any atom is 0.214 e. The summed E-state index contributed by atoms with van der Waals surface area (Å²) in [6, 6.07) is 8.75. The van der Waals surface area contributed by atoms with Crippen molar-refractivity contribution in [1.82, 2.24) is 9.62 Å². The van der Waals surface area contributed by atoms with Crippen LogP contribution in [0.1, 0.15) is 43.7 Å². The molecule has 0 spiro atoms. The standard InChI is InChI=1S/C17H24N2O3S/c1-22-14-4-2-3-12(11-14)17-16(9-10-19(17)13-5-6-13)18-23(20,21)15-7-8-15/h2-4,11,13,15-18H,5-10H2,1H3/t16-,17-/m1/s1. The van der Waals surface area contributed by atoms with Crippen LogP contribution < -0.4 is 9.46 Å². The summed E-state index contributed by atoms with van der Waals surface area (Å²) in [5.74, 6) is 0.828. The molecule has 0 amide bonds. The maximum absolute atomic E-state index is 12.4. The number of nitrogens with zero attached hydrogens (tertiary/aromatic N) is 1. The van der Waals surface area contributed by atoms with Crippen LogP contribution in [0.2, 0.25) is 0 Å². The smallest absolute Gasteiger partial charge is 0.214 e. The molecule has 0 aromatic heterocycles. The molecule has 2 saturated carbocycles. The summed E-state index contributed by atoms with van der Waals surface area (Å²) in [7, 11) is -1.50. The van der Waals surface area contributed by atoms with Gasteiger partial charge in [0, 0.05) is 18.6 Å². The van der Waals surface area contributed by atoms with E-state index >= 15 is 0 Å². The number of likely N-dealkylation sites (tertiary alicyclic amines) is 1. The Balaban J connectivity index is 1.62. The Hall–Kier alpha value is -1.11. The molecule has 2 atom stereocenters. The van der Waals surface area contributed by atoms with Gasteiger partial charge in [-0.3, -0.25) is 4.90 Å². The van der Waals surface area contributed by atoms with Gasteiger partial charge in [-0.2, -0.15) is 0 Å². The zero-order valence-electron chi connectivity index (χ0n) is 13.4. The van der Waals surface area contributed by atoms with Gasteiger partial charge < -0.3 is 4.74 Å². The Morgan fingerprint density at radius 2 is 1.96 bits per heavy atom. The van der Waals surface area contributed by atoms with Crippen molar-refractivity contribution in [3.63, 3.8) is 0 Å². The SMILES string of the molecule is COc1cccc([C@@H]2[C@H](NS(=O)(=O)C3CC3)CCN2C2CC2)c1. The fourth-order valence-corrected chi connectivity index (χ4v) is 5.31. The third kappa shape index (κ3) is 3.12. The van der Waals surface area contributed by atoms with Gasteiger partial charge in [0.05, 0.1) is 18.4 Å². The number of ether oxygens (including phenoxy) is 1. The molecule has 4 rings (SSSR count). The van der Waals surface area contributed by atoms with E-state index in [0.717, 1.165) is 37.1 Å². The van der Waals surface area contributed by atoms with Gasteiger partial charge >= 0.3 is 0 Å². The van der Waals surface area contributed by atoms with E-state index in [4.69, 9.17) is 4.74 Å². The van der Waals surface area contributed by atoms with Gasteiger partial charge in [0.15, 0.2) is 0 Å². The summed E-state index contributed by atoms with van der Waals surface area (Å²) in [5, 5.41) is -0.163. The number of nitrogens with one attached hydrogen (secondary N) is 1. The van der Waals surface area contributed by atoms with Gasteiger partial charge in [-0.1, -0.05) is 12.1 Å². The summed E-state index contributed by atoms with van der Waals surface area (Å²) in [5.41, 5.74) is 1.15. The lowest BCUT2D eigenvalue weighted by Crippen LogP contribution is -2.41. The fraction of sp³-hybridized carbons (Fsp3) is 0.647. The molecule has 126 valence electrons. The Morgan fingerprint density at radius 1 is 1.17 bits per heavy atom. The quantitative estimate of drug-likeness (QED) is 0.864. The summed E-state index contributed by atoms with van der Waals surface area (Å²) >= 11 is 0. The molecule has 1 aromatic carbocycles. The molecule has 23 heavy (non-hydrogen) atoms. The predicted octanol–water partition coefficient (Wildman–Crippen LogP) is 2.05. The van der Waals surface area contributed by atoms with Gasteiger partial charge in [-0.25, -0.2) is 13.1 Å². The molecule has 1 aromatic rings. The summed E-state index contributed by atoms with van der Waals surface area (Å²) in [6.07, 6.45) is 4.94. The molecule has 0 unspecified atom stereocenters. The second-order valence-corrected chi connectivity index (χ2v) is 8.94. The molecule has 1 N–H and O–H groups in total. The molecule has 1 saturated heterocycles. The lowest BCUT2D eigenvalue weighted by molar-refractivity contribution is 0.233. The van der Waals surface area contributed by atoms with E-state index in [1.54, 1.807) is 7.11 Å². The minimum absolute atomic E-state index is 0.0340. The molecule has 3 aliphatic rings. The lowest BCUT2D eigenvalue weighted by atomic mass is 10.0. The van der Waals surface area contributed by atoms with Crippen molar-refractivity contribution < 1.29 is 13.2 Å². The van der Waals surface area contributed by atoms with Crippen LogP contribution in [0.25, 0.3) is 0 Å². The number of sulfonamides is 1. The van der Waals surface area contributed by atoms with E-state index in [2.05, 4.69) is 15.7 Å². The van der Waals surface area contributed by atoms with Crippen LogP contribution in [0.3, 0.4) is 0 Å². The second-order valence-electron chi connectivity index (χ2n) is 6.95. The highest BCUT2D eigenvalue weighted by atomic mass is 32.2. The topological polar surface area (TPSA) is 58.6 Å². The molecule has 1 aliphatic heterocycles. The highest BCUT2D eigenvalue weighted by Crippen LogP contribution is 2.42. The van der Waals surface area contributed by atoms with Crippen LogP contribution in [-0.4, -0.2) is 44.3 Å². The average molecular weight is 336 g/mol. The normalized spacial score (nSPS) is 28.9. The van der Waals surface area contributed by atoms with E-state index in [9.17, 15) is 8.42 Å². The first-order chi connectivity index (χ1) is 11.1. The Bertz CT molecular complexity index is 683. The van der Waals surface area contributed by atoms with Crippen molar-refractivity contribution in [2.75, 3.05) is 13.7 Å². The minimum atomic E-state index is -3.16. The van der Waals surface area contributed by atoms with E-state index in [1.165, 1.54) is 12.8 Å². The molecule has 5 nitrogen and oxygen atoms in total. The summed E-state index contributed by atoms with van der Waals surface area (Å²) in [6.45, 7) is 0.963. The lowest BCUT2D eigenvalue weighted by Gasteiger charge is -2.29. The Morgan fingerprint density at radius 3 is 2.61 bits per heavy atom. The molecule has 3 fully saturated rings. The number of hydrogen-bond donors (Lipinski definition) is 1. The first kappa shape index (κ1) is 15.4. The predicted molar refractivity (Wildman–Crippen MR) is 88.9 cm³/mol. The first-order valence-electron chi connectivity index (χ1n) is 8.49. The van der Waals surface area contributed by atoms with Gasteiger partial charge in [0.25, 0.3) is 0 Å². The largest absolute Gasteiger partial charge is 0.497 e. The van der Waals surface area contributed by atoms with E-state index in [-0.39, 0.29) is 17.3 Å². The van der Waals surface area contributed by atoms with Gasteiger partial charge in [0.2, 0.25) is 10.0 Å². The number of rotatable bonds is 6. The molecule has 0 radical (unpaired) electrons. The second kappa shape index (κ2) is 5.76. The molecule has 1 heterocycles. The Kier molecular flexibility index (Phi) is 3.86. The fourth-order valence-electron chi connectivity index (χ4n) is 3.69. The van der Waals surface area contributed by atoms with Crippen LogP contribution in [0, 0.1) is 0 Å². The van der Waals surface area contributed by atoms with Crippen LogP contribution in [0.15, 0.2) is 24.3 Å². The van der Waals surface area contributed by atoms with Crippen molar-refractivity contribution in [3.05, 3.63) is 29.8 Å². The van der Waals surface area contributed by atoms with Crippen molar-refractivity contribution in [2.45, 2.75) is 55.5 Å². The van der Waals surface area contributed by atoms with E-state index in [0.29, 0.717) is 6.04 Å². The Labute approximate surface area is 138 Å².